The number of alkyl halides is 2. The second-order valence-corrected chi connectivity index (χ2v) is 12.2. The summed E-state index contributed by atoms with van der Waals surface area (Å²) in [6.07, 6.45) is 1.67. The predicted octanol–water partition coefficient (Wildman–Crippen LogP) is 3.77. The Labute approximate surface area is 235 Å². The molecule has 3 aromatic rings. The van der Waals surface area contributed by atoms with Crippen LogP contribution in [0.4, 0.5) is 14.6 Å². The maximum absolute atomic E-state index is 14.0. The van der Waals surface area contributed by atoms with E-state index in [9.17, 15) is 22.0 Å². The third-order valence-corrected chi connectivity index (χ3v) is 8.65. The van der Waals surface area contributed by atoms with Crippen LogP contribution in [-0.4, -0.2) is 69.2 Å². The molecule has 1 aliphatic rings. The molecule has 1 aliphatic carbocycles. The van der Waals surface area contributed by atoms with Crippen molar-refractivity contribution >= 4 is 39.4 Å². The lowest BCUT2D eigenvalue weighted by atomic mass is 10.1. The molecule has 0 bridgehead atoms. The van der Waals surface area contributed by atoms with Gasteiger partial charge in [0.15, 0.2) is 27.1 Å². The minimum absolute atomic E-state index is 0.0329. The minimum Gasteiger partial charge on any atom is -0.358 e. The van der Waals surface area contributed by atoms with Gasteiger partial charge >= 0.3 is 0 Å². The van der Waals surface area contributed by atoms with Crippen LogP contribution in [0.2, 0.25) is 0 Å². The van der Waals surface area contributed by atoms with Gasteiger partial charge in [0.2, 0.25) is 0 Å². The van der Waals surface area contributed by atoms with Crippen LogP contribution in [0.1, 0.15) is 62.7 Å². The fourth-order valence-electron chi connectivity index (χ4n) is 4.15. The van der Waals surface area contributed by atoms with E-state index in [1.54, 1.807) is 13.8 Å². The maximum Gasteiger partial charge on any atom is 0.295 e. The summed E-state index contributed by atoms with van der Waals surface area (Å²) in [5.74, 6) is 0.196. The van der Waals surface area contributed by atoms with E-state index >= 15 is 0 Å². The molecule has 0 aromatic carbocycles. The summed E-state index contributed by atoms with van der Waals surface area (Å²) in [5.41, 5.74) is 1.70. The third kappa shape index (κ3) is 6.19. The van der Waals surface area contributed by atoms with Crippen LogP contribution >= 0.6 is 0 Å². The second kappa shape index (κ2) is 11.8. The fraction of sp³-hybridized carbons (Fsp3) is 0.462. The van der Waals surface area contributed by atoms with Crippen LogP contribution in [0.25, 0.3) is 22.6 Å². The van der Waals surface area contributed by atoms with Gasteiger partial charge in [-0.15, -0.1) is 0 Å². The summed E-state index contributed by atoms with van der Waals surface area (Å²) < 4.78 is 52.9. The van der Waals surface area contributed by atoms with Crippen molar-refractivity contribution in [3.8, 4) is 11.4 Å². The molecule has 3 heterocycles. The number of rotatable bonds is 10. The average Bonchev–Trinajstić information content (AvgIpc) is 3.78. The van der Waals surface area contributed by atoms with Gasteiger partial charge in [0.25, 0.3) is 12.0 Å². The number of sulfone groups is 1. The highest BCUT2D eigenvalue weighted by atomic mass is 32.2. The number of hydrogen-bond acceptors (Lipinski definition) is 10. The number of nitrogens with one attached hydrogen (secondary N) is 1. The van der Waals surface area contributed by atoms with Crippen molar-refractivity contribution in [2.24, 2.45) is 9.98 Å². The van der Waals surface area contributed by atoms with E-state index in [4.69, 9.17) is 0 Å². The molecule has 0 unspecified atom stereocenters. The van der Waals surface area contributed by atoms with Crippen molar-refractivity contribution in [3.05, 3.63) is 44.9 Å². The lowest BCUT2D eigenvalue weighted by molar-refractivity contribution is 0.0916. The number of amidine groups is 1. The smallest absolute Gasteiger partial charge is 0.295 e. The van der Waals surface area contributed by atoms with Gasteiger partial charge in [-0.05, 0) is 47.3 Å². The van der Waals surface area contributed by atoms with Crippen molar-refractivity contribution in [2.45, 2.75) is 65.8 Å². The van der Waals surface area contributed by atoms with Crippen molar-refractivity contribution in [1.29, 1.82) is 0 Å². The molecule has 1 fully saturated rings. The van der Waals surface area contributed by atoms with E-state index in [-0.39, 0.29) is 51.8 Å². The van der Waals surface area contributed by atoms with Gasteiger partial charge in [0, 0.05) is 12.1 Å². The van der Waals surface area contributed by atoms with Gasteiger partial charge in [0.05, 0.1) is 45.9 Å². The Morgan fingerprint density at radius 3 is 2.54 bits per heavy atom. The highest BCUT2D eigenvalue weighted by Crippen LogP contribution is 2.43. The molecule has 0 saturated heterocycles. The first kappa shape index (κ1) is 30.0. The van der Waals surface area contributed by atoms with Gasteiger partial charge in [-0.1, -0.05) is 6.92 Å². The Morgan fingerprint density at radius 1 is 1.22 bits per heavy atom. The van der Waals surface area contributed by atoms with Crippen LogP contribution < -0.4 is 10.9 Å². The molecule has 4 rings (SSSR count). The van der Waals surface area contributed by atoms with Crippen LogP contribution in [0.5, 0.6) is 0 Å². The number of halogens is 2. The molecule has 1 saturated carbocycles. The van der Waals surface area contributed by atoms with Crippen molar-refractivity contribution in [1.82, 2.24) is 29.5 Å². The Balaban J connectivity index is 1.82. The van der Waals surface area contributed by atoms with Gasteiger partial charge in [-0.25, -0.2) is 52.1 Å². The molecule has 0 radical (unpaired) electrons. The molecule has 1 N–H and O–H groups in total. The monoisotopic (exact) mass is 587 g/mol. The summed E-state index contributed by atoms with van der Waals surface area (Å²) in [4.78, 5) is 43.6. The number of nitrogens with zero attached hydrogens (tertiary/aromatic N) is 8. The molecule has 218 valence electrons. The number of fused-ring (bicyclic) bond motifs is 1. The van der Waals surface area contributed by atoms with Gasteiger partial charge in [0.1, 0.15) is 17.7 Å². The summed E-state index contributed by atoms with van der Waals surface area (Å²) >= 11 is 0. The topological polar surface area (TPSA) is 157 Å². The standard InChI is InChI=1S/C26H31F2N9O3S/c1-7-41(39,40)13(2)10-30-18(29-6)11-31-24-26(38)37(16(5)22(27)28)25-20(35-24)15(4)34-23(36-25)19-14(3)32-12-33-21(19)17-8-9-17/h10,12,16-17,22H,6-9,11H2,1-5H3,(H,31,35)/b13-10+,30-18?/t16-/m1/s1. The largest absolute Gasteiger partial charge is 0.358 e. The second-order valence-electron chi connectivity index (χ2n) is 9.71. The molecule has 0 amide bonds. The van der Waals surface area contributed by atoms with E-state index in [0.29, 0.717) is 17.0 Å². The number of aromatic nitrogens is 6. The zero-order valence-electron chi connectivity index (χ0n) is 23.4. The number of aryl methyl sites for hydroxylation is 2. The first-order valence-electron chi connectivity index (χ1n) is 13.0. The van der Waals surface area contributed by atoms with Crippen molar-refractivity contribution < 1.29 is 17.2 Å². The third-order valence-electron chi connectivity index (χ3n) is 6.80. The van der Waals surface area contributed by atoms with Crippen LogP contribution in [0, 0.1) is 13.8 Å². The molecular weight excluding hydrogens is 556 g/mol. The van der Waals surface area contributed by atoms with Crippen LogP contribution in [0.3, 0.4) is 0 Å². The number of allylic oxidation sites excluding steroid dienone is 1. The first-order valence-corrected chi connectivity index (χ1v) is 14.6. The molecule has 41 heavy (non-hydrogen) atoms. The zero-order chi connectivity index (χ0) is 30.1. The van der Waals surface area contributed by atoms with E-state index < -0.39 is 27.9 Å². The molecule has 3 aromatic heterocycles. The molecular formula is C26H31F2N9O3S. The molecule has 0 spiro atoms. The van der Waals surface area contributed by atoms with Crippen LogP contribution in [0.15, 0.2) is 32.2 Å². The van der Waals surface area contributed by atoms with Crippen LogP contribution in [-0.2, 0) is 9.84 Å². The number of hydrogen-bond donors (Lipinski definition) is 1. The Hall–Kier alpha value is -4.01. The van der Waals surface area contributed by atoms with Crippen molar-refractivity contribution in [3.63, 3.8) is 0 Å². The summed E-state index contributed by atoms with van der Waals surface area (Å²) in [5, 5.41) is 2.77. The number of anilines is 1. The normalized spacial score (nSPS) is 15.4. The van der Waals surface area contributed by atoms with E-state index in [2.05, 4.69) is 46.9 Å². The van der Waals surface area contributed by atoms with E-state index in [0.717, 1.165) is 29.3 Å². The highest BCUT2D eigenvalue weighted by Gasteiger charge is 2.31. The Bertz CT molecular complexity index is 1730. The lowest BCUT2D eigenvalue weighted by Crippen LogP contribution is -2.32. The minimum atomic E-state index is -3.45. The Morgan fingerprint density at radius 2 is 1.93 bits per heavy atom. The molecule has 1 atom stereocenters. The Kier molecular flexibility index (Phi) is 8.66. The van der Waals surface area contributed by atoms with E-state index in [1.165, 1.54) is 27.1 Å². The van der Waals surface area contributed by atoms with Gasteiger partial charge in [-0.2, -0.15) is 0 Å². The van der Waals surface area contributed by atoms with Gasteiger partial charge < -0.3 is 5.32 Å². The lowest BCUT2D eigenvalue weighted by Gasteiger charge is -2.19. The summed E-state index contributed by atoms with van der Waals surface area (Å²) in [7, 11) is -3.45. The summed E-state index contributed by atoms with van der Waals surface area (Å²) in [6, 6.07) is -1.54. The first-order chi connectivity index (χ1) is 19.4. The van der Waals surface area contributed by atoms with Gasteiger partial charge in [-0.3, -0.25) is 9.36 Å². The molecule has 15 heteroatoms. The average molecular weight is 588 g/mol. The fourth-order valence-corrected chi connectivity index (χ4v) is 4.82. The summed E-state index contributed by atoms with van der Waals surface area (Å²) in [6.45, 7) is 10.8. The predicted molar refractivity (Wildman–Crippen MR) is 153 cm³/mol. The number of aliphatic imine (C=N–C) groups is 2. The molecule has 12 nitrogen and oxygen atoms in total. The SMILES string of the molecule is C=NC(CNc1nc2c(C)nc(-c3c(C)ncnc3C3CC3)nc2n([C@H](C)C(F)F)c1=O)=N/C=C(\C)S(=O)(=O)CC. The van der Waals surface area contributed by atoms with Crippen molar-refractivity contribution in [2.75, 3.05) is 17.6 Å². The highest BCUT2D eigenvalue weighted by molar-refractivity contribution is 7.95. The quantitative estimate of drug-likeness (QED) is 0.275. The maximum atomic E-state index is 14.0. The van der Waals surface area contributed by atoms with E-state index in [1.807, 2.05) is 0 Å². The zero-order valence-corrected chi connectivity index (χ0v) is 24.2. The molecule has 0 aliphatic heterocycles.